The summed E-state index contributed by atoms with van der Waals surface area (Å²) in [4.78, 5) is 71.6. The monoisotopic (exact) mass is 1370 g/mol. The average Bonchev–Trinajstić information content (AvgIpc) is 0.756. The molecule has 2 heterocycles. The standard InChI is InChI=1S/C28H30N2O3.C20H12O5.C15H15N3O2.C13H9N3O5.ClH/c1-5-29(6-2)19-13-15-23-25(17-19)33-26-18-20(30(7-3)8-4)14-16-24(26)27(23)21-11-9-10-12-22(21)28(31)32;21-11-5-7-15-17(9-11)25-18-10-12(22)6-8-16(18)19(15)13-3-1-2-4-14(13)20(23)24;1-18(2)12-9-7-11(8-10-12)16-17-14-6-4-3-5-13(14)15(19)20;17-12-6-3-9(7-11(12)13(18)19)15-14-8-1-4-10(5-2-8)16(20)21;/h9-18H,5-8H2,1-4H3;1-10,21H,(H,23,24);3-10H,1-2H3,(H,19,20);1-7,17H,(H,18,19);1H. The quantitative estimate of drug-likeness (QED) is 0.0162. The van der Waals surface area contributed by atoms with E-state index < -0.39 is 28.8 Å². The van der Waals surface area contributed by atoms with E-state index in [0.717, 1.165) is 70.8 Å². The Morgan fingerprint density at radius 3 is 1.48 bits per heavy atom. The smallest absolute Gasteiger partial charge is 0.339 e. The molecule has 508 valence electrons. The lowest BCUT2D eigenvalue weighted by Crippen LogP contribution is -3.00. The van der Waals surface area contributed by atoms with Crippen molar-refractivity contribution in [3.63, 3.8) is 0 Å². The van der Waals surface area contributed by atoms with Gasteiger partial charge in [-0.3, -0.25) is 14.9 Å². The Morgan fingerprint density at radius 2 is 0.940 bits per heavy atom. The van der Waals surface area contributed by atoms with Gasteiger partial charge >= 0.3 is 23.9 Å². The number of benzene rings is 10. The van der Waals surface area contributed by atoms with Crippen molar-refractivity contribution in [2.75, 3.05) is 50.1 Å². The van der Waals surface area contributed by atoms with Gasteiger partial charge in [-0.15, -0.1) is 5.11 Å². The highest BCUT2D eigenvalue weighted by molar-refractivity contribution is 6.09. The van der Waals surface area contributed by atoms with Gasteiger partial charge in [-0.25, -0.2) is 23.8 Å². The third kappa shape index (κ3) is 17.2. The molecule has 2 aliphatic heterocycles. The van der Waals surface area contributed by atoms with Crippen LogP contribution in [0.2, 0.25) is 0 Å². The number of nitrogens with zero attached hydrogens (tertiary/aromatic N) is 8. The number of carboxylic acid groups (broad SMARTS) is 4. The molecule has 6 N–H and O–H groups in total. The Labute approximate surface area is 578 Å². The van der Waals surface area contributed by atoms with Crippen molar-refractivity contribution in [2.45, 2.75) is 27.7 Å². The third-order valence-electron chi connectivity index (χ3n) is 15.8. The highest BCUT2D eigenvalue weighted by Gasteiger charge is 2.25. The van der Waals surface area contributed by atoms with Crippen molar-refractivity contribution in [1.82, 2.24) is 4.58 Å². The number of azo groups is 2. The molecule has 0 amide bonds. The van der Waals surface area contributed by atoms with Crippen LogP contribution >= 0.6 is 0 Å². The number of hydrogen-bond donors (Lipinski definition) is 6. The lowest BCUT2D eigenvalue weighted by molar-refractivity contribution is -0.384. The minimum atomic E-state index is -1.28. The van der Waals surface area contributed by atoms with E-state index >= 15 is 0 Å². The molecule has 0 aromatic heterocycles. The van der Waals surface area contributed by atoms with E-state index in [0.29, 0.717) is 56.0 Å². The van der Waals surface area contributed by atoms with Crippen molar-refractivity contribution in [2.24, 2.45) is 20.5 Å². The van der Waals surface area contributed by atoms with Gasteiger partial charge in [0.25, 0.3) is 5.69 Å². The highest BCUT2D eigenvalue weighted by atomic mass is 35.5. The van der Waals surface area contributed by atoms with Gasteiger partial charge in [0, 0.05) is 108 Å². The van der Waals surface area contributed by atoms with Gasteiger partial charge in [0.15, 0.2) is 5.43 Å². The molecule has 0 radical (unpaired) electrons. The van der Waals surface area contributed by atoms with Gasteiger partial charge in [0.2, 0.25) is 5.36 Å². The van der Waals surface area contributed by atoms with E-state index in [1.165, 1.54) is 78.9 Å². The summed E-state index contributed by atoms with van der Waals surface area (Å²) in [5.74, 6) is -3.53. The van der Waals surface area contributed by atoms with Crippen molar-refractivity contribution in [3.8, 4) is 56.4 Å². The first-order chi connectivity index (χ1) is 47.6. The van der Waals surface area contributed by atoms with Crippen LogP contribution in [0.4, 0.5) is 39.8 Å². The topological polar surface area (TPSA) is 335 Å². The van der Waals surface area contributed by atoms with E-state index in [9.17, 15) is 54.5 Å². The number of rotatable bonds is 17. The van der Waals surface area contributed by atoms with Crippen molar-refractivity contribution in [3.05, 3.63) is 260 Å². The number of phenolic OH excluding ortho intramolecular Hbond substituents is 1. The molecule has 4 aliphatic rings. The Morgan fingerprint density at radius 1 is 0.470 bits per heavy atom. The molecule has 12 rings (SSSR count). The molecule has 0 unspecified atom stereocenters. The van der Waals surface area contributed by atoms with Gasteiger partial charge in [0.1, 0.15) is 58.5 Å². The molecule has 8 aromatic rings. The summed E-state index contributed by atoms with van der Waals surface area (Å²) in [5.41, 5.74) is 9.22. The van der Waals surface area contributed by atoms with Gasteiger partial charge in [0.05, 0.1) is 44.7 Å². The Bertz CT molecular complexity index is 5120. The molecule has 23 nitrogen and oxygen atoms in total. The molecule has 24 heteroatoms. The number of aromatic hydroxyl groups is 2. The van der Waals surface area contributed by atoms with Crippen molar-refractivity contribution < 1.29 is 76.0 Å². The number of nitro groups is 1. The third-order valence-corrected chi connectivity index (χ3v) is 15.8. The fraction of sp³-hybridized carbons (Fsp3) is 0.132. The second-order valence-corrected chi connectivity index (χ2v) is 22.1. The maximum atomic E-state index is 12.1. The number of anilines is 2. The van der Waals surface area contributed by atoms with Crippen LogP contribution in [0.3, 0.4) is 0 Å². The SMILES string of the molecule is CCN(CC)c1ccc2c(-c3ccccc3C(=O)O)c3ccc(=[N+](CC)CC)cc-3oc2c1.CN(C)c1ccc(N=Nc2ccccc2C(=O)O)cc1.O=C(O)c1cc(N=Nc2ccc([N+](=O)[O-])cc2)ccc1O.O=C(O)c1ccccc1-c1c2ccc(=O)cc-2oc2cc(O)ccc12.[Cl-]. The molecule has 2 aliphatic carbocycles. The van der Waals surface area contributed by atoms with Crippen molar-refractivity contribution >= 4 is 85.6 Å². The summed E-state index contributed by atoms with van der Waals surface area (Å²) in [6.07, 6.45) is 0. The Balaban J connectivity index is 0.000000173. The molecule has 0 saturated carbocycles. The van der Waals surface area contributed by atoms with Gasteiger partial charge < -0.3 is 61.7 Å². The number of carbonyl (C=O) groups is 4. The van der Waals surface area contributed by atoms with Crippen LogP contribution in [-0.2, 0) is 0 Å². The van der Waals surface area contributed by atoms with Crippen LogP contribution in [0.1, 0.15) is 69.1 Å². The lowest BCUT2D eigenvalue weighted by atomic mass is 9.90. The van der Waals surface area contributed by atoms with Crippen LogP contribution in [0.15, 0.2) is 246 Å². The fourth-order valence-electron chi connectivity index (χ4n) is 10.8. The minimum absolute atomic E-state index is 0. The second kappa shape index (κ2) is 33.2. The first kappa shape index (κ1) is 72.9. The largest absolute Gasteiger partial charge is 1.00 e. The van der Waals surface area contributed by atoms with Crippen LogP contribution in [-0.4, -0.2) is 99.7 Å². The van der Waals surface area contributed by atoms with Crippen LogP contribution < -0.4 is 37.6 Å². The van der Waals surface area contributed by atoms with E-state index in [2.05, 4.69) is 94.0 Å². The molecule has 0 bridgehead atoms. The summed E-state index contributed by atoms with van der Waals surface area (Å²) >= 11 is 0. The zero-order valence-corrected chi connectivity index (χ0v) is 55.6. The van der Waals surface area contributed by atoms with Crippen LogP contribution in [0, 0.1) is 10.1 Å². The number of fused-ring (bicyclic) bond motifs is 4. The molecular weight excluding hydrogens is 1300 g/mol. The van der Waals surface area contributed by atoms with E-state index in [-0.39, 0.29) is 63.0 Å². The first-order valence-electron chi connectivity index (χ1n) is 31.0. The number of hydrogen-bond acceptors (Lipinski definition) is 17. The predicted octanol–water partition coefficient (Wildman–Crippen LogP) is 13.8. The summed E-state index contributed by atoms with van der Waals surface area (Å²) in [7, 11) is 3.92. The number of non-ortho nitro benzene ring substituents is 1. The average molecular weight is 1370 g/mol. The summed E-state index contributed by atoms with van der Waals surface area (Å²) < 4.78 is 14.5. The maximum absolute atomic E-state index is 12.1. The van der Waals surface area contributed by atoms with E-state index in [1.807, 2.05) is 55.4 Å². The molecule has 8 aromatic carbocycles. The normalized spacial score (nSPS) is 10.8. The molecule has 0 fully saturated rings. The molecule has 0 atom stereocenters. The minimum Gasteiger partial charge on any atom is -1.00 e. The maximum Gasteiger partial charge on any atom is 0.339 e. The predicted molar refractivity (Wildman–Crippen MR) is 379 cm³/mol. The van der Waals surface area contributed by atoms with Gasteiger partial charge in [-0.1, -0.05) is 48.5 Å². The highest BCUT2D eigenvalue weighted by Crippen LogP contribution is 2.44. The van der Waals surface area contributed by atoms with Crippen molar-refractivity contribution in [1.29, 1.82) is 0 Å². The lowest BCUT2D eigenvalue weighted by Gasteiger charge is -2.22. The second-order valence-electron chi connectivity index (χ2n) is 22.1. The van der Waals surface area contributed by atoms with Crippen LogP contribution in [0.5, 0.6) is 11.5 Å². The van der Waals surface area contributed by atoms with E-state index in [1.54, 1.807) is 60.7 Å². The number of aromatic carboxylic acids is 4. The summed E-state index contributed by atoms with van der Waals surface area (Å²) in [6.45, 7) is 12.1. The molecule has 0 saturated heterocycles. The van der Waals surface area contributed by atoms with Gasteiger partial charge in [-0.2, -0.15) is 15.3 Å². The Kier molecular flexibility index (Phi) is 24.2. The Hall–Kier alpha value is -12.9. The number of carboxylic acids is 4. The summed E-state index contributed by atoms with van der Waals surface area (Å²) in [6, 6.07) is 58.5. The van der Waals surface area contributed by atoms with Gasteiger partial charge in [-0.05, 0) is 160 Å². The number of halogens is 1. The first-order valence-corrected chi connectivity index (χ1v) is 31.0. The van der Waals surface area contributed by atoms with E-state index in [4.69, 9.17) is 19.0 Å². The van der Waals surface area contributed by atoms with Crippen LogP contribution in [0.25, 0.3) is 66.8 Å². The molecule has 100 heavy (non-hydrogen) atoms. The summed E-state index contributed by atoms with van der Waals surface area (Å²) in [5, 5.41) is 85.3. The zero-order chi connectivity index (χ0) is 71.0. The fourth-order valence-corrected chi connectivity index (χ4v) is 10.8. The molecule has 0 spiro atoms. The molecular formula is C76H67ClN8O15. The number of nitro benzene ring substituents is 1. The number of phenols is 2. The zero-order valence-electron chi connectivity index (χ0n) is 54.8.